The van der Waals surface area contributed by atoms with Gasteiger partial charge >= 0.3 is 0 Å². The highest BCUT2D eigenvalue weighted by Gasteiger charge is 2.24. The molecule has 0 aliphatic carbocycles. The van der Waals surface area contributed by atoms with Crippen molar-refractivity contribution in [1.29, 1.82) is 0 Å². The van der Waals surface area contributed by atoms with Crippen molar-refractivity contribution < 1.29 is 4.74 Å². The van der Waals surface area contributed by atoms with Crippen molar-refractivity contribution in [3.05, 3.63) is 35.9 Å². The summed E-state index contributed by atoms with van der Waals surface area (Å²) >= 11 is 0. The Bertz CT molecular complexity index is 572. The lowest BCUT2D eigenvalue weighted by Gasteiger charge is -2.37. The maximum absolute atomic E-state index is 5.50. The van der Waals surface area contributed by atoms with Crippen molar-refractivity contribution >= 4 is 5.96 Å². The molecule has 6 heteroatoms. The largest absolute Gasteiger partial charge is 0.379 e. The molecule has 28 heavy (non-hydrogen) atoms. The molecule has 1 aromatic rings. The van der Waals surface area contributed by atoms with Crippen molar-refractivity contribution in [1.82, 2.24) is 20.4 Å². The molecule has 1 aliphatic rings. The van der Waals surface area contributed by atoms with E-state index in [4.69, 9.17) is 4.74 Å². The van der Waals surface area contributed by atoms with Crippen LogP contribution in [0.25, 0.3) is 0 Å². The van der Waals surface area contributed by atoms with Gasteiger partial charge in [-0.25, -0.2) is 0 Å². The maximum Gasteiger partial charge on any atom is 0.191 e. The maximum atomic E-state index is 5.50. The van der Waals surface area contributed by atoms with Crippen molar-refractivity contribution in [3.63, 3.8) is 0 Å². The Hall–Kier alpha value is -1.63. The molecule has 6 nitrogen and oxygen atoms in total. The molecule has 0 bridgehead atoms. The smallest absolute Gasteiger partial charge is 0.191 e. The van der Waals surface area contributed by atoms with Gasteiger partial charge in [-0.2, -0.15) is 0 Å². The minimum absolute atomic E-state index is 0.402. The van der Waals surface area contributed by atoms with Crippen molar-refractivity contribution in [2.75, 3.05) is 53.5 Å². The SMILES string of the molecule is CN=C(NCC(C)N(C)Cc1ccccc1)NCC(C(C)C)N1CCOCC1. The molecule has 158 valence electrons. The van der Waals surface area contributed by atoms with E-state index in [9.17, 15) is 0 Å². The number of likely N-dealkylation sites (N-methyl/N-ethyl adjacent to an activating group) is 1. The molecule has 2 unspecified atom stereocenters. The molecule has 2 rings (SSSR count). The Labute approximate surface area is 171 Å². The fourth-order valence-corrected chi connectivity index (χ4v) is 3.54. The highest BCUT2D eigenvalue weighted by Crippen LogP contribution is 2.12. The van der Waals surface area contributed by atoms with E-state index in [2.05, 4.69) is 83.6 Å². The summed E-state index contributed by atoms with van der Waals surface area (Å²) in [5, 5.41) is 7.02. The van der Waals surface area contributed by atoms with E-state index in [1.807, 2.05) is 7.05 Å². The molecule has 0 saturated carbocycles. The molecular weight excluding hydrogens is 350 g/mol. The van der Waals surface area contributed by atoms with E-state index in [0.29, 0.717) is 18.0 Å². The monoisotopic (exact) mass is 389 g/mol. The molecule has 2 N–H and O–H groups in total. The zero-order valence-electron chi connectivity index (χ0n) is 18.3. The van der Waals surface area contributed by atoms with Gasteiger partial charge in [-0.3, -0.25) is 14.8 Å². The van der Waals surface area contributed by atoms with Crippen molar-refractivity contribution in [2.45, 2.75) is 39.4 Å². The highest BCUT2D eigenvalue weighted by molar-refractivity contribution is 5.79. The van der Waals surface area contributed by atoms with Crippen LogP contribution < -0.4 is 10.6 Å². The van der Waals surface area contributed by atoms with Crippen LogP contribution in [0.3, 0.4) is 0 Å². The third-order valence-electron chi connectivity index (χ3n) is 5.58. The quantitative estimate of drug-likeness (QED) is 0.500. The first-order chi connectivity index (χ1) is 13.5. The van der Waals surface area contributed by atoms with Crippen LogP contribution in [0.2, 0.25) is 0 Å². The van der Waals surface area contributed by atoms with Gasteiger partial charge in [-0.15, -0.1) is 0 Å². The van der Waals surface area contributed by atoms with Crippen LogP contribution >= 0.6 is 0 Å². The first-order valence-electron chi connectivity index (χ1n) is 10.5. The van der Waals surface area contributed by atoms with Gasteiger partial charge in [0.05, 0.1) is 13.2 Å². The molecule has 2 atom stereocenters. The molecule has 1 aliphatic heterocycles. The average Bonchev–Trinajstić information content (AvgIpc) is 2.71. The van der Waals surface area contributed by atoms with Crippen LogP contribution in [-0.4, -0.2) is 81.3 Å². The number of ether oxygens (including phenoxy) is 1. The van der Waals surface area contributed by atoms with Crippen LogP contribution in [0.1, 0.15) is 26.3 Å². The summed E-state index contributed by atoms with van der Waals surface area (Å²) in [4.78, 5) is 9.31. The predicted octanol–water partition coefficient (Wildman–Crippen LogP) is 2.03. The summed E-state index contributed by atoms with van der Waals surface area (Å²) in [6, 6.07) is 11.5. The molecule has 0 amide bonds. The molecule has 1 heterocycles. The lowest BCUT2D eigenvalue weighted by molar-refractivity contribution is 0.00752. The standard InChI is InChI=1S/C22H39N5O/c1-18(2)21(27-11-13-28-14-12-27)16-25-22(23-4)24-15-19(3)26(5)17-20-9-7-6-8-10-20/h6-10,18-19,21H,11-17H2,1-5H3,(H2,23,24,25). The van der Waals surface area contributed by atoms with E-state index < -0.39 is 0 Å². The van der Waals surface area contributed by atoms with Gasteiger partial charge in [0.2, 0.25) is 0 Å². The lowest BCUT2D eigenvalue weighted by atomic mass is 10.0. The van der Waals surface area contributed by atoms with E-state index in [1.165, 1.54) is 5.56 Å². The minimum atomic E-state index is 0.402. The topological polar surface area (TPSA) is 52.1 Å². The fraction of sp³-hybridized carbons (Fsp3) is 0.682. The molecule has 1 fully saturated rings. The van der Waals surface area contributed by atoms with Crippen molar-refractivity contribution in [2.24, 2.45) is 10.9 Å². The molecule has 0 aromatic heterocycles. The third kappa shape index (κ3) is 7.41. The summed E-state index contributed by atoms with van der Waals surface area (Å²) in [5.41, 5.74) is 1.34. The summed E-state index contributed by atoms with van der Waals surface area (Å²) in [5.74, 6) is 1.46. The predicted molar refractivity (Wildman–Crippen MR) is 118 cm³/mol. The Morgan fingerprint density at radius 2 is 1.75 bits per heavy atom. The second-order valence-electron chi connectivity index (χ2n) is 8.04. The van der Waals surface area contributed by atoms with Crippen LogP contribution in [0, 0.1) is 5.92 Å². The second-order valence-corrected chi connectivity index (χ2v) is 8.04. The first-order valence-corrected chi connectivity index (χ1v) is 10.5. The molecule has 1 aromatic carbocycles. The lowest BCUT2D eigenvalue weighted by Crippen LogP contribution is -2.53. The molecule has 0 spiro atoms. The van der Waals surface area contributed by atoms with Crippen LogP contribution in [0.4, 0.5) is 0 Å². The van der Waals surface area contributed by atoms with Gasteiger partial charge < -0.3 is 15.4 Å². The van der Waals surface area contributed by atoms with Gasteiger partial charge in [-0.1, -0.05) is 44.2 Å². The van der Waals surface area contributed by atoms with E-state index in [-0.39, 0.29) is 0 Å². The number of morpholine rings is 1. The van der Waals surface area contributed by atoms with Gasteiger partial charge in [0, 0.05) is 51.9 Å². The summed E-state index contributed by atoms with van der Waals surface area (Å²) in [6.07, 6.45) is 0. The molecule has 1 saturated heterocycles. The minimum Gasteiger partial charge on any atom is -0.379 e. The number of nitrogens with one attached hydrogen (secondary N) is 2. The normalized spacial score (nSPS) is 18.3. The summed E-state index contributed by atoms with van der Waals surface area (Å²) in [7, 11) is 4.01. The fourth-order valence-electron chi connectivity index (χ4n) is 3.54. The summed E-state index contributed by atoms with van der Waals surface area (Å²) in [6.45, 7) is 13.2. The van der Waals surface area contributed by atoms with Gasteiger partial charge in [0.25, 0.3) is 0 Å². The number of benzene rings is 1. The number of aliphatic imine (C=N–C) groups is 1. The zero-order valence-corrected chi connectivity index (χ0v) is 18.3. The Kier molecular flexibility index (Phi) is 9.75. The van der Waals surface area contributed by atoms with Crippen molar-refractivity contribution in [3.8, 4) is 0 Å². The Morgan fingerprint density at radius 1 is 1.11 bits per heavy atom. The number of hydrogen-bond donors (Lipinski definition) is 2. The Morgan fingerprint density at radius 3 is 2.36 bits per heavy atom. The number of rotatable bonds is 9. The van der Waals surface area contributed by atoms with Crippen LogP contribution in [0.15, 0.2) is 35.3 Å². The number of nitrogens with zero attached hydrogens (tertiary/aromatic N) is 3. The molecular formula is C22H39N5O. The van der Waals surface area contributed by atoms with Gasteiger partial charge in [0.15, 0.2) is 5.96 Å². The zero-order chi connectivity index (χ0) is 20.4. The first kappa shape index (κ1) is 22.7. The third-order valence-corrected chi connectivity index (χ3v) is 5.58. The van der Waals surface area contributed by atoms with Gasteiger partial charge in [-0.05, 0) is 25.5 Å². The molecule has 0 radical (unpaired) electrons. The average molecular weight is 390 g/mol. The number of guanidine groups is 1. The number of hydrogen-bond acceptors (Lipinski definition) is 4. The van der Waals surface area contributed by atoms with Crippen LogP contribution in [0.5, 0.6) is 0 Å². The highest BCUT2D eigenvalue weighted by atomic mass is 16.5. The van der Waals surface area contributed by atoms with Gasteiger partial charge in [0.1, 0.15) is 0 Å². The van der Waals surface area contributed by atoms with Crippen LogP contribution in [-0.2, 0) is 11.3 Å². The van der Waals surface area contributed by atoms with E-state index in [0.717, 1.165) is 51.9 Å². The van der Waals surface area contributed by atoms with E-state index >= 15 is 0 Å². The summed E-state index contributed by atoms with van der Waals surface area (Å²) < 4.78 is 5.50. The van der Waals surface area contributed by atoms with E-state index in [1.54, 1.807) is 0 Å². The Balaban J connectivity index is 1.77. The second kappa shape index (κ2) is 12.0.